The molecule has 0 N–H and O–H groups in total. The van der Waals surface area contributed by atoms with Gasteiger partial charge < -0.3 is 0 Å². The normalized spacial score (nSPS) is 19.8. The van der Waals surface area contributed by atoms with Gasteiger partial charge in [-0.2, -0.15) is 0 Å². The first-order valence-corrected chi connectivity index (χ1v) is 7.36. The van der Waals surface area contributed by atoms with Gasteiger partial charge in [0.1, 0.15) is 5.82 Å². The van der Waals surface area contributed by atoms with Crippen molar-refractivity contribution >= 4 is 31.6 Å². The van der Waals surface area contributed by atoms with Gasteiger partial charge in [0.2, 0.25) is 10.0 Å². The van der Waals surface area contributed by atoms with Crippen LogP contribution in [-0.4, -0.2) is 20.7 Å². The Morgan fingerprint density at radius 3 is 2.69 bits per heavy atom. The smallest absolute Gasteiger partial charge is 0.235 e. The van der Waals surface area contributed by atoms with E-state index in [4.69, 9.17) is 0 Å². The summed E-state index contributed by atoms with van der Waals surface area (Å²) < 4.78 is 38.4. The van der Waals surface area contributed by atoms with E-state index in [1.165, 1.54) is 22.5 Å². The zero-order valence-electron chi connectivity index (χ0n) is 8.49. The number of anilines is 1. The van der Waals surface area contributed by atoms with E-state index in [0.29, 0.717) is 23.1 Å². The van der Waals surface area contributed by atoms with Crippen LogP contribution >= 0.6 is 15.9 Å². The molecule has 1 saturated heterocycles. The lowest BCUT2D eigenvalue weighted by atomic mass is 10.3. The summed E-state index contributed by atoms with van der Waals surface area (Å²) in [4.78, 5) is 0. The number of rotatable bonds is 1. The summed E-state index contributed by atoms with van der Waals surface area (Å²) in [5, 5.41) is 0. The largest absolute Gasteiger partial charge is 0.269 e. The maximum atomic E-state index is 12.9. The molecule has 0 saturated carbocycles. The highest BCUT2D eigenvalue weighted by Gasteiger charge is 2.27. The number of nitrogens with zero attached hydrogens (tertiary/aromatic N) is 1. The second-order valence-electron chi connectivity index (χ2n) is 3.69. The lowest BCUT2D eigenvalue weighted by molar-refractivity contribution is 0.574. The Bertz CT molecular complexity index is 504. The van der Waals surface area contributed by atoms with Crippen LogP contribution in [0, 0.1) is 5.82 Å². The van der Waals surface area contributed by atoms with Crippen LogP contribution in [0.4, 0.5) is 10.1 Å². The maximum absolute atomic E-state index is 12.9. The Labute approximate surface area is 102 Å². The molecule has 0 aliphatic carbocycles. The summed E-state index contributed by atoms with van der Waals surface area (Å²) in [5.74, 6) is -0.221. The topological polar surface area (TPSA) is 37.4 Å². The summed E-state index contributed by atoms with van der Waals surface area (Å²) in [6.07, 6.45) is 1.53. The Morgan fingerprint density at radius 1 is 1.31 bits per heavy atom. The van der Waals surface area contributed by atoms with Gasteiger partial charge in [0.15, 0.2) is 0 Å². The van der Waals surface area contributed by atoms with E-state index >= 15 is 0 Å². The first-order valence-electron chi connectivity index (χ1n) is 4.96. The Morgan fingerprint density at radius 2 is 2.06 bits per heavy atom. The number of hydrogen-bond donors (Lipinski definition) is 0. The minimum Gasteiger partial charge on any atom is -0.269 e. The average Bonchev–Trinajstić information content (AvgIpc) is 2.19. The number of halogens is 2. The molecule has 6 heteroatoms. The summed E-state index contributed by atoms with van der Waals surface area (Å²) >= 11 is 3.19. The minimum atomic E-state index is -3.23. The van der Waals surface area contributed by atoms with Crippen LogP contribution < -0.4 is 4.31 Å². The van der Waals surface area contributed by atoms with Gasteiger partial charge in [-0.1, -0.05) is 0 Å². The quantitative estimate of drug-likeness (QED) is 0.799. The highest BCUT2D eigenvalue weighted by molar-refractivity contribution is 9.10. The van der Waals surface area contributed by atoms with E-state index in [2.05, 4.69) is 15.9 Å². The molecule has 1 heterocycles. The van der Waals surface area contributed by atoms with Crippen molar-refractivity contribution in [3.05, 3.63) is 28.5 Å². The molecule has 0 aromatic heterocycles. The molecule has 1 aromatic carbocycles. The van der Waals surface area contributed by atoms with Crippen LogP contribution in [0.5, 0.6) is 0 Å². The van der Waals surface area contributed by atoms with Gasteiger partial charge in [-0.15, -0.1) is 0 Å². The molecular weight excluding hydrogens is 297 g/mol. The Kier molecular flexibility index (Phi) is 3.21. The molecule has 0 bridgehead atoms. The zero-order valence-corrected chi connectivity index (χ0v) is 10.9. The van der Waals surface area contributed by atoms with Crippen LogP contribution in [0.1, 0.15) is 12.8 Å². The van der Waals surface area contributed by atoms with Gasteiger partial charge in [0.25, 0.3) is 0 Å². The molecule has 0 unspecified atom stereocenters. The number of hydrogen-bond acceptors (Lipinski definition) is 2. The SMILES string of the molecule is O=S1(=O)CCCCN1c1ccc(F)cc1Br. The second kappa shape index (κ2) is 4.33. The minimum absolute atomic E-state index is 0.164. The molecule has 1 aliphatic rings. The van der Waals surface area contributed by atoms with Gasteiger partial charge in [0.05, 0.1) is 11.4 Å². The first kappa shape index (κ1) is 11.9. The molecule has 0 amide bonds. The van der Waals surface area contributed by atoms with E-state index in [9.17, 15) is 12.8 Å². The van der Waals surface area contributed by atoms with Crippen molar-refractivity contribution in [2.75, 3.05) is 16.6 Å². The standard InChI is InChI=1S/C10H11BrFNO2S/c11-9-7-8(12)3-4-10(9)13-5-1-2-6-16(13,14)15/h3-4,7H,1-2,5-6H2. The van der Waals surface area contributed by atoms with Crippen molar-refractivity contribution in [3.8, 4) is 0 Å². The molecular formula is C10H11BrFNO2S. The summed E-state index contributed by atoms with van der Waals surface area (Å²) in [6, 6.07) is 4.03. The highest BCUT2D eigenvalue weighted by Crippen LogP contribution is 2.31. The van der Waals surface area contributed by atoms with Crippen LogP contribution in [0.2, 0.25) is 0 Å². The molecule has 88 valence electrons. The monoisotopic (exact) mass is 307 g/mol. The third-order valence-corrected chi connectivity index (χ3v) is 5.02. The summed E-state index contributed by atoms with van der Waals surface area (Å²) in [5.41, 5.74) is 0.515. The van der Waals surface area contributed by atoms with Crippen molar-refractivity contribution < 1.29 is 12.8 Å². The first-order chi connectivity index (χ1) is 7.50. The maximum Gasteiger partial charge on any atom is 0.235 e. The van der Waals surface area contributed by atoms with Crippen molar-refractivity contribution in [1.82, 2.24) is 0 Å². The molecule has 16 heavy (non-hydrogen) atoms. The van der Waals surface area contributed by atoms with Crippen molar-refractivity contribution in [1.29, 1.82) is 0 Å². The lowest BCUT2D eigenvalue weighted by Crippen LogP contribution is -2.38. The van der Waals surface area contributed by atoms with E-state index in [-0.39, 0.29) is 11.6 Å². The third-order valence-electron chi connectivity index (χ3n) is 2.53. The molecule has 1 aromatic rings. The van der Waals surface area contributed by atoms with Gasteiger partial charge in [-0.3, -0.25) is 4.31 Å². The van der Waals surface area contributed by atoms with Crippen molar-refractivity contribution in [3.63, 3.8) is 0 Å². The van der Waals surface area contributed by atoms with Crippen LogP contribution in [-0.2, 0) is 10.0 Å². The van der Waals surface area contributed by atoms with Gasteiger partial charge >= 0.3 is 0 Å². The van der Waals surface area contributed by atoms with Crippen molar-refractivity contribution in [2.24, 2.45) is 0 Å². The summed E-state index contributed by atoms with van der Waals surface area (Å²) in [7, 11) is -3.23. The fraction of sp³-hybridized carbons (Fsp3) is 0.400. The van der Waals surface area contributed by atoms with Gasteiger partial charge in [0, 0.05) is 11.0 Å². The van der Waals surface area contributed by atoms with E-state index in [1.807, 2.05) is 0 Å². The Hall–Kier alpha value is -0.620. The van der Waals surface area contributed by atoms with Gasteiger partial charge in [-0.25, -0.2) is 12.8 Å². The van der Waals surface area contributed by atoms with Gasteiger partial charge in [-0.05, 0) is 47.0 Å². The van der Waals surface area contributed by atoms with E-state index in [0.717, 1.165) is 6.42 Å². The lowest BCUT2D eigenvalue weighted by Gasteiger charge is -2.29. The zero-order chi connectivity index (χ0) is 11.8. The third kappa shape index (κ3) is 2.22. The van der Waals surface area contributed by atoms with E-state index < -0.39 is 10.0 Å². The van der Waals surface area contributed by atoms with E-state index in [1.54, 1.807) is 0 Å². The van der Waals surface area contributed by atoms with Crippen LogP contribution in [0.25, 0.3) is 0 Å². The van der Waals surface area contributed by atoms with Crippen LogP contribution in [0.3, 0.4) is 0 Å². The predicted molar refractivity (Wildman–Crippen MR) is 64.5 cm³/mol. The molecule has 1 aliphatic heterocycles. The fourth-order valence-corrected chi connectivity index (χ4v) is 4.08. The average molecular weight is 308 g/mol. The second-order valence-corrected chi connectivity index (χ2v) is 6.56. The molecule has 1 fully saturated rings. The molecule has 0 spiro atoms. The highest BCUT2D eigenvalue weighted by atomic mass is 79.9. The number of benzene rings is 1. The molecule has 0 radical (unpaired) electrons. The molecule has 0 atom stereocenters. The Balaban J connectivity index is 2.43. The number of sulfonamides is 1. The molecule has 3 nitrogen and oxygen atoms in total. The predicted octanol–water partition coefficient (Wildman–Crippen LogP) is 2.52. The molecule has 2 rings (SSSR count). The van der Waals surface area contributed by atoms with Crippen molar-refractivity contribution in [2.45, 2.75) is 12.8 Å². The summed E-state index contributed by atoms with van der Waals surface area (Å²) in [6.45, 7) is 0.465. The van der Waals surface area contributed by atoms with Crippen LogP contribution in [0.15, 0.2) is 22.7 Å². The fourth-order valence-electron chi connectivity index (χ4n) is 1.74.